The molecule has 1 heterocycles. The summed E-state index contributed by atoms with van der Waals surface area (Å²) in [7, 11) is 0. The van der Waals surface area contributed by atoms with Gasteiger partial charge in [-0.25, -0.2) is 0 Å². The van der Waals surface area contributed by atoms with Crippen molar-refractivity contribution in [1.82, 2.24) is 0 Å². The highest BCUT2D eigenvalue weighted by atomic mass is 16.3. The van der Waals surface area contributed by atoms with Crippen molar-refractivity contribution in [2.75, 3.05) is 11.4 Å². The normalized spacial score (nSPS) is 32.1. The van der Waals surface area contributed by atoms with Crippen molar-refractivity contribution in [2.45, 2.75) is 51.2 Å². The summed E-state index contributed by atoms with van der Waals surface area (Å²) in [6.07, 6.45) is 5.94. The topological polar surface area (TPSA) is 23.5 Å². The Kier molecular flexibility index (Phi) is 3.29. The Morgan fingerprint density at radius 1 is 1.06 bits per heavy atom. The van der Waals surface area contributed by atoms with Crippen LogP contribution in [-0.2, 0) is 0 Å². The van der Waals surface area contributed by atoms with Crippen LogP contribution in [0.1, 0.15) is 50.7 Å². The van der Waals surface area contributed by atoms with E-state index in [1.807, 2.05) is 6.07 Å². The minimum atomic E-state index is -0.264. The number of rotatable bonds is 1. The Morgan fingerprint density at radius 3 is 2.56 bits per heavy atom. The van der Waals surface area contributed by atoms with Gasteiger partial charge in [-0.1, -0.05) is 25.1 Å². The van der Waals surface area contributed by atoms with E-state index in [1.54, 1.807) is 0 Å². The Bertz CT molecular complexity index is 409. The second-order valence-electron chi connectivity index (χ2n) is 5.97. The molecule has 98 valence electrons. The SMILES string of the molecule is CC1CCC(N2CCC(O)c3ccccc32)CC1. The summed E-state index contributed by atoms with van der Waals surface area (Å²) in [4.78, 5) is 2.55. The number of benzene rings is 1. The van der Waals surface area contributed by atoms with Gasteiger partial charge in [-0.2, -0.15) is 0 Å². The molecule has 2 heteroatoms. The van der Waals surface area contributed by atoms with Crippen LogP contribution in [0.4, 0.5) is 5.69 Å². The van der Waals surface area contributed by atoms with Crippen LogP contribution in [0.3, 0.4) is 0 Å². The maximum absolute atomic E-state index is 10.1. The lowest BCUT2D eigenvalue weighted by Crippen LogP contribution is -2.41. The Morgan fingerprint density at radius 2 is 1.78 bits per heavy atom. The largest absolute Gasteiger partial charge is 0.388 e. The number of nitrogens with zero attached hydrogens (tertiary/aromatic N) is 1. The molecule has 0 spiro atoms. The molecule has 1 saturated carbocycles. The third-order valence-electron chi connectivity index (χ3n) is 4.67. The summed E-state index contributed by atoms with van der Waals surface area (Å²) in [5, 5.41) is 10.1. The summed E-state index contributed by atoms with van der Waals surface area (Å²) in [5.41, 5.74) is 2.40. The van der Waals surface area contributed by atoms with Crippen molar-refractivity contribution in [1.29, 1.82) is 0 Å². The van der Waals surface area contributed by atoms with Gasteiger partial charge in [0.15, 0.2) is 0 Å². The first-order chi connectivity index (χ1) is 8.75. The third kappa shape index (κ3) is 2.14. The third-order valence-corrected chi connectivity index (χ3v) is 4.67. The Hall–Kier alpha value is -1.02. The summed E-state index contributed by atoms with van der Waals surface area (Å²) in [5.74, 6) is 0.895. The summed E-state index contributed by atoms with van der Waals surface area (Å²) in [6.45, 7) is 3.38. The van der Waals surface area contributed by atoms with Gasteiger partial charge in [0, 0.05) is 23.8 Å². The van der Waals surface area contributed by atoms with Gasteiger partial charge in [-0.05, 0) is 44.1 Å². The number of hydrogen-bond donors (Lipinski definition) is 1. The van der Waals surface area contributed by atoms with Gasteiger partial charge in [0.2, 0.25) is 0 Å². The lowest BCUT2D eigenvalue weighted by atomic mass is 9.85. The second kappa shape index (κ2) is 4.93. The number of para-hydroxylation sites is 1. The fraction of sp³-hybridized carbons (Fsp3) is 0.625. The maximum atomic E-state index is 10.1. The van der Waals surface area contributed by atoms with Crippen LogP contribution in [0.15, 0.2) is 24.3 Å². The van der Waals surface area contributed by atoms with Crippen LogP contribution in [0.5, 0.6) is 0 Å². The Labute approximate surface area is 110 Å². The average Bonchev–Trinajstić information content (AvgIpc) is 2.41. The van der Waals surface area contributed by atoms with E-state index in [2.05, 4.69) is 30.0 Å². The van der Waals surface area contributed by atoms with Crippen molar-refractivity contribution in [2.24, 2.45) is 5.92 Å². The maximum Gasteiger partial charge on any atom is 0.0826 e. The molecule has 1 aliphatic carbocycles. The van der Waals surface area contributed by atoms with Gasteiger partial charge < -0.3 is 10.0 Å². The molecular weight excluding hydrogens is 222 g/mol. The molecule has 2 aliphatic rings. The average molecular weight is 245 g/mol. The van der Waals surface area contributed by atoms with Crippen molar-refractivity contribution in [3.05, 3.63) is 29.8 Å². The van der Waals surface area contributed by atoms with E-state index in [4.69, 9.17) is 0 Å². The minimum Gasteiger partial charge on any atom is -0.388 e. The van der Waals surface area contributed by atoms with Crippen LogP contribution in [-0.4, -0.2) is 17.7 Å². The first kappa shape index (κ1) is 12.0. The van der Waals surface area contributed by atoms with E-state index in [1.165, 1.54) is 31.4 Å². The fourth-order valence-corrected chi connectivity index (χ4v) is 3.50. The van der Waals surface area contributed by atoms with Crippen molar-refractivity contribution in [3.8, 4) is 0 Å². The summed E-state index contributed by atoms with van der Waals surface area (Å²) < 4.78 is 0. The molecule has 1 atom stereocenters. The van der Waals surface area contributed by atoms with Gasteiger partial charge in [0.25, 0.3) is 0 Å². The van der Waals surface area contributed by atoms with E-state index in [9.17, 15) is 5.11 Å². The molecule has 3 rings (SSSR count). The van der Waals surface area contributed by atoms with Gasteiger partial charge in [-0.3, -0.25) is 0 Å². The van der Waals surface area contributed by atoms with E-state index >= 15 is 0 Å². The Balaban J connectivity index is 1.84. The van der Waals surface area contributed by atoms with E-state index in [-0.39, 0.29) is 6.10 Å². The van der Waals surface area contributed by atoms with Crippen molar-refractivity contribution < 1.29 is 5.11 Å². The van der Waals surface area contributed by atoms with Gasteiger partial charge in [0.1, 0.15) is 0 Å². The van der Waals surface area contributed by atoms with Gasteiger partial charge in [-0.15, -0.1) is 0 Å². The summed E-state index contributed by atoms with van der Waals surface area (Å²) in [6, 6.07) is 9.08. The predicted octanol–water partition coefficient (Wildman–Crippen LogP) is 3.51. The van der Waals surface area contributed by atoms with Crippen LogP contribution in [0.2, 0.25) is 0 Å². The first-order valence-corrected chi connectivity index (χ1v) is 7.29. The smallest absolute Gasteiger partial charge is 0.0826 e. The molecule has 0 radical (unpaired) electrons. The highest BCUT2D eigenvalue weighted by molar-refractivity contribution is 5.57. The van der Waals surface area contributed by atoms with E-state index in [0.717, 1.165) is 24.4 Å². The first-order valence-electron chi connectivity index (χ1n) is 7.29. The molecule has 18 heavy (non-hydrogen) atoms. The lowest BCUT2D eigenvalue weighted by Gasteiger charge is -2.42. The zero-order valence-electron chi connectivity index (χ0n) is 11.2. The highest BCUT2D eigenvalue weighted by Gasteiger charge is 2.30. The lowest BCUT2D eigenvalue weighted by molar-refractivity contribution is 0.160. The molecule has 1 aliphatic heterocycles. The van der Waals surface area contributed by atoms with Crippen LogP contribution < -0.4 is 4.90 Å². The molecule has 1 unspecified atom stereocenters. The van der Waals surface area contributed by atoms with E-state index in [0.29, 0.717) is 6.04 Å². The molecule has 1 aromatic carbocycles. The molecule has 0 bridgehead atoms. The molecule has 0 saturated heterocycles. The molecule has 1 aromatic rings. The molecule has 1 fully saturated rings. The molecule has 0 amide bonds. The predicted molar refractivity (Wildman–Crippen MR) is 74.8 cm³/mol. The highest BCUT2D eigenvalue weighted by Crippen LogP contribution is 2.38. The molecule has 0 aromatic heterocycles. The van der Waals surface area contributed by atoms with Crippen LogP contribution in [0.25, 0.3) is 0 Å². The number of hydrogen-bond acceptors (Lipinski definition) is 2. The van der Waals surface area contributed by atoms with Gasteiger partial charge in [0.05, 0.1) is 6.10 Å². The number of aliphatic hydroxyl groups is 1. The molecule has 1 N–H and O–H groups in total. The molecular formula is C16H23NO. The second-order valence-corrected chi connectivity index (χ2v) is 5.97. The standard InChI is InChI=1S/C16H23NO/c1-12-6-8-13(9-7-12)17-11-10-16(18)14-4-2-3-5-15(14)17/h2-5,12-13,16,18H,6-11H2,1H3. The van der Waals surface area contributed by atoms with Crippen LogP contribution in [0, 0.1) is 5.92 Å². The fourth-order valence-electron chi connectivity index (χ4n) is 3.50. The zero-order valence-corrected chi connectivity index (χ0v) is 11.2. The summed E-state index contributed by atoms with van der Waals surface area (Å²) >= 11 is 0. The van der Waals surface area contributed by atoms with Gasteiger partial charge >= 0.3 is 0 Å². The van der Waals surface area contributed by atoms with Crippen LogP contribution >= 0.6 is 0 Å². The number of fused-ring (bicyclic) bond motifs is 1. The van der Waals surface area contributed by atoms with Crippen molar-refractivity contribution >= 4 is 5.69 Å². The molecule has 2 nitrogen and oxygen atoms in total. The van der Waals surface area contributed by atoms with E-state index < -0.39 is 0 Å². The zero-order chi connectivity index (χ0) is 12.5. The number of aliphatic hydroxyl groups excluding tert-OH is 1. The van der Waals surface area contributed by atoms with Crippen molar-refractivity contribution in [3.63, 3.8) is 0 Å². The monoisotopic (exact) mass is 245 g/mol. The minimum absolute atomic E-state index is 0.264. The number of anilines is 1. The quantitative estimate of drug-likeness (QED) is 0.818.